The molecule has 1 unspecified atom stereocenters. The molecule has 134 valence electrons. The van der Waals surface area contributed by atoms with E-state index in [4.69, 9.17) is 4.74 Å². The molecule has 0 spiro atoms. The number of anilines is 2. The largest absolute Gasteiger partial charge is 0.466 e. The number of rotatable bonds is 3. The summed E-state index contributed by atoms with van der Waals surface area (Å²) in [4.78, 5) is 36.7. The van der Waals surface area contributed by atoms with Crippen molar-refractivity contribution in [2.24, 2.45) is 0 Å². The highest BCUT2D eigenvalue weighted by Crippen LogP contribution is 2.34. The van der Waals surface area contributed by atoms with Gasteiger partial charge in [-0.25, -0.2) is 0 Å². The predicted molar refractivity (Wildman–Crippen MR) is 97.3 cm³/mol. The van der Waals surface area contributed by atoms with Gasteiger partial charge >= 0.3 is 0 Å². The van der Waals surface area contributed by atoms with E-state index in [0.29, 0.717) is 22.7 Å². The first-order valence-corrected chi connectivity index (χ1v) is 8.08. The van der Waals surface area contributed by atoms with Gasteiger partial charge in [0.25, 0.3) is 23.3 Å². The average Bonchev–Trinajstić information content (AvgIpc) is 2.63. The maximum absolute atomic E-state index is 12.7. The summed E-state index contributed by atoms with van der Waals surface area (Å²) in [6.07, 6.45) is 0. The molecule has 0 bridgehead atoms. The molecule has 3 rings (SSSR count). The minimum atomic E-state index is -1.71. The van der Waals surface area contributed by atoms with Crippen LogP contribution >= 0.6 is 0 Å². The van der Waals surface area contributed by atoms with Crippen molar-refractivity contribution in [2.45, 2.75) is 19.4 Å². The van der Waals surface area contributed by atoms with Crippen molar-refractivity contribution in [3.63, 3.8) is 0 Å². The van der Waals surface area contributed by atoms with Gasteiger partial charge in [0.05, 0.1) is 5.69 Å². The first kappa shape index (κ1) is 17.5. The highest BCUT2D eigenvalue weighted by atomic mass is 16.5. The molecule has 0 saturated heterocycles. The SMILES string of the molecule is CNC(=O)c1ccc(NC(=O)C2(C)Oc3ccc(C)cc3NC2=O)cc1. The number of fused-ring (bicyclic) bond motifs is 1. The molecular weight excluding hydrogens is 334 g/mol. The second-order valence-corrected chi connectivity index (χ2v) is 6.20. The molecule has 0 aliphatic carbocycles. The van der Waals surface area contributed by atoms with E-state index in [2.05, 4.69) is 16.0 Å². The zero-order valence-electron chi connectivity index (χ0n) is 14.7. The number of ether oxygens (including phenoxy) is 1. The van der Waals surface area contributed by atoms with Crippen LogP contribution in [-0.2, 0) is 9.59 Å². The Balaban J connectivity index is 1.79. The number of nitrogens with one attached hydrogen (secondary N) is 3. The molecular formula is C19H19N3O4. The summed E-state index contributed by atoms with van der Waals surface area (Å²) in [5.41, 5.74) is 0.719. The quantitative estimate of drug-likeness (QED) is 0.736. The monoisotopic (exact) mass is 353 g/mol. The van der Waals surface area contributed by atoms with Crippen LogP contribution < -0.4 is 20.7 Å². The zero-order chi connectivity index (χ0) is 18.9. The van der Waals surface area contributed by atoms with E-state index in [1.165, 1.54) is 14.0 Å². The van der Waals surface area contributed by atoms with Crippen LogP contribution in [0.2, 0.25) is 0 Å². The van der Waals surface area contributed by atoms with E-state index in [1.54, 1.807) is 36.4 Å². The molecule has 2 aromatic rings. The highest BCUT2D eigenvalue weighted by molar-refractivity contribution is 6.19. The Hall–Kier alpha value is -3.35. The second kappa shape index (κ2) is 6.51. The number of hydrogen-bond donors (Lipinski definition) is 3. The van der Waals surface area contributed by atoms with Gasteiger partial charge in [-0.3, -0.25) is 14.4 Å². The topological polar surface area (TPSA) is 96.5 Å². The van der Waals surface area contributed by atoms with E-state index in [0.717, 1.165) is 5.56 Å². The minimum Gasteiger partial charge on any atom is -0.466 e. The van der Waals surface area contributed by atoms with Crippen LogP contribution in [0.3, 0.4) is 0 Å². The van der Waals surface area contributed by atoms with Crippen LogP contribution in [0.4, 0.5) is 11.4 Å². The Morgan fingerprint density at radius 3 is 2.46 bits per heavy atom. The third-order valence-corrected chi connectivity index (χ3v) is 4.20. The van der Waals surface area contributed by atoms with Crippen molar-refractivity contribution in [1.29, 1.82) is 0 Å². The van der Waals surface area contributed by atoms with Crippen LogP contribution in [0.15, 0.2) is 42.5 Å². The fraction of sp³-hybridized carbons (Fsp3) is 0.211. The summed E-state index contributed by atoms with van der Waals surface area (Å²) < 4.78 is 5.71. The first-order chi connectivity index (χ1) is 12.3. The smallest absolute Gasteiger partial charge is 0.278 e. The lowest BCUT2D eigenvalue weighted by Crippen LogP contribution is -2.56. The molecule has 0 aromatic heterocycles. The zero-order valence-corrected chi connectivity index (χ0v) is 14.7. The molecule has 7 heteroatoms. The van der Waals surface area contributed by atoms with Gasteiger partial charge in [0.15, 0.2) is 0 Å². The molecule has 1 aliphatic heterocycles. The van der Waals surface area contributed by atoms with Gasteiger partial charge in [0, 0.05) is 18.3 Å². The molecule has 0 fully saturated rings. The molecule has 1 aliphatic rings. The maximum atomic E-state index is 12.7. The van der Waals surface area contributed by atoms with Crippen LogP contribution in [0.25, 0.3) is 0 Å². The van der Waals surface area contributed by atoms with E-state index >= 15 is 0 Å². The second-order valence-electron chi connectivity index (χ2n) is 6.20. The van der Waals surface area contributed by atoms with Crippen molar-refractivity contribution < 1.29 is 19.1 Å². The standard InChI is InChI=1S/C19H19N3O4/c1-11-4-9-15-14(10-11)22-18(25)19(2,26-15)17(24)21-13-7-5-12(6-8-13)16(23)20-3/h4-10H,1-3H3,(H,20,23)(H,21,24)(H,22,25). The van der Waals surface area contributed by atoms with Gasteiger partial charge < -0.3 is 20.7 Å². The number of carbonyl (C=O) groups excluding carboxylic acids is 3. The maximum Gasteiger partial charge on any atom is 0.278 e. The van der Waals surface area contributed by atoms with Gasteiger partial charge in [-0.15, -0.1) is 0 Å². The Morgan fingerprint density at radius 1 is 1.12 bits per heavy atom. The summed E-state index contributed by atoms with van der Waals surface area (Å²) >= 11 is 0. The number of aryl methyl sites for hydroxylation is 1. The van der Waals surface area contributed by atoms with Gasteiger partial charge in [0.1, 0.15) is 5.75 Å². The molecule has 26 heavy (non-hydrogen) atoms. The lowest BCUT2D eigenvalue weighted by Gasteiger charge is -2.33. The fourth-order valence-corrected chi connectivity index (χ4v) is 2.59. The van der Waals surface area contributed by atoms with E-state index in [-0.39, 0.29) is 5.91 Å². The van der Waals surface area contributed by atoms with Gasteiger partial charge in [0.2, 0.25) is 0 Å². The van der Waals surface area contributed by atoms with Crippen LogP contribution in [0, 0.1) is 6.92 Å². The molecule has 1 heterocycles. The van der Waals surface area contributed by atoms with Crippen molar-refractivity contribution in [2.75, 3.05) is 17.7 Å². The number of carbonyl (C=O) groups is 3. The summed E-state index contributed by atoms with van der Waals surface area (Å²) in [5, 5.41) is 7.88. The highest BCUT2D eigenvalue weighted by Gasteiger charge is 2.47. The van der Waals surface area contributed by atoms with Gasteiger partial charge in [-0.1, -0.05) is 6.07 Å². The van der Waals surface area contributed by atoms with Gasteiger partial charge in [-0.2, -0.15) is 0 Å². The van der Waals surface area contributed by atoms with Gasteiger partial charge in [-0.05, 0) is 55.8 Å². The first-order valence-electron chi connectivity index (χ1n) is 8.08. The number of amides is 3. The Morgan fingerprint density at radius 2 is 1.81 bits per heavy atom. The number of hydrogen-bond acceptors (Lipinski definition) is 4. The van der Waals surface area contributed by atoms with Crippen LogP contribution in [0.5, 0.6) is 5.75 Å². The van der Waals surface area contributed by atoms with Crippen molar-refractivity contribution in [1.82, 2.24) is 5.32 Å². The minimum absolute atomic E-state index is 0.225. The van der Waals surface area contributed by atoms with Crippen LogP contribution in [-0.4, -0.2) is 30.4 Å². The third-order valence-electron chi connectivity index (χ3n) is 4.20. The van der Waals surface area contributed by atoms with E-state index in [1.807, 2.05) is 13.0 Å². The Labute approximate surface area is 150 Å². The summed E-state index contributed by atoms with van der Waals surface area (Å²) in [5.74, 6) is -0.941. The van der Waals surface area contributed by atoms with Crippen molar-refractivity contribution in [3.05, 3.63) is 53.6 Å². The predicted octanol–water partition coefficient (Wildman–Crippen LogP) is 2.08. The average molecular weight is 353 g/mol. The van der Waals surface area contributed by atoms with E-state index < -0.39 is 17.4 Å². The Kier molecular flexibility index (Phi) is 4.38. The Bertz CT molecular complexity index is 892. The van der Waals surface area contributed by atoms with Crippen LogP contribution in [0.1, 0.15) is 22.8 Å². The molecule has 2 aromatic carbocycles. The number of benzene rings is 2. The van der Waals surface area contributed by atoms with E-state index in [9.17, 15) is 14.4 Å². The summed E-state index contributed by atoms with van der Waals surface area (Å²) in [6.45, 7) is 3.31. The molecule has 0 radical (unpaired) electrons. The summed E-state index contributed by atoms with van der Waals surface area (Å²) in [6, 6.07) is 11.7. The molecule has 7 nitrogen and oxygen atoms in total. The van der Waals surface area contributed by atoms with Crippen molar-refractivity contribution >= 4 is 29.1 Å². The lowest BCUT2D eigenvalue weighted by atomic mass is 10.0. The summed E-state index contributed by atoms with van der Waals surface area (Å²) in [7, 11) is 1.54. The molecule has 3 N–H and O–H groups in total. The fourth-order valence-electron chi connectivity index (χ4n) is 2.59. The lowest BCUT2D eigenvalue weighted by molar-refractivity contribution is -0.143. The molecule has 1 atom stereocenters. The normalized spacial score (nSPS) is 18.2. The molecule has 3 amide bonds. The third kappa shape index (κ3) is 3.11. The molecule has 0 saturated carbocycles. The van der Waals surface area contributed by atoms with Crippen molar-refractivity contribution in [3.8, 4) is 5.75 Å².